The molecular weight excluding hydrogens is 545 g/mol. The van der Waals surface area contributed by atoms with Gasteiger partial charge in [-0.3, -0.25) is 0 Å². The van der Waals surface area contributed by atoms with Gasteiger partial charge in [0.25, 0.3) is 0 Å². The van der Waals surface area contributed by atoms with E-state index in [4.69, 9.17) is 0 Å². The lowest BCUT2D eigenvalue weighted by Crippen LogP contribution is -1.88. The average molecular weight is 563 g/mol. The van der Waals surface area contributed by atoms with Crippen LogP contribution in [0.15, 0.2) is 83.5 Å². The summed E-state index contributed by atoms with van der Waals surface area (Å²) in [6.45, 7) is 4.41. The van der Waals surface area contributed by atoms with E-state index in [-0.39, 0.29) is 0 Å². The fourth-order valence-corrected chi connectivity index (χ4v) is 11.7. The molecule has 0 amide bonds. The second-order valence-electron chi connectivity index (χ2n) is 6.88. The van der Waals surface area contributed by atoms with Gasteiger partial charge >= 0.3 is 0 Å². The van der Waals surface area contributed by atoms with Gasteiger partial charge in [0.05, 0.1) is 16.9 Å². The van der Waals surface area contributed by atoms with Crippen molar-refractivity contribution in [2.45, 2.75) is 13.8 Å². The normalized spacial score (nSPS) is 20.7. The third kappa shape index (κ3) is 5.77. The predicted octanol–water partition coefficient (Wildman–Crippen LogP) is 11.1. The van der Waals surface area contributed by atoms with Crippen molar-refractivity contribution in [3.05, 3.63) is 106 Å². The zero-order chi connectivity index (χ0) is 21.9. The summed E-state index contributed by atoms with van der Waals surface area (Å²) in [5.41, 5.74) is 5.20. The Balaban J connectivity index is 1.24. The number of hydrogen-bond donors (Lipinski definition) is 0. The smallest absolute Gasteiger partial charge is 0.0700 e. The number of hydrogen-bond acceptors (Lipinski definition) is 8. The molecule has 4 aliphatic heterocycles. The van der Waals surface area contributed by atoms with E-state index in [2.05, 4.69) is 82.7 Å². The first-order chi connectivity index (χ1) is 15.7. The molecule has 4 heterocycles. The number of aryl methyl sites for hydroxylation is 2. The lowest BCUT2D eigenvalue weighted by Gasteiger charge is -2.07. The molecule has 5 rings (SSSR count). The summed E-state index contributed by atoms with van der Waals surface area (Å²) in [6, 6.07) is 4.61. The highest BCUT2D eigenvalue weighted by atomic mass is 32.2. The van der Waals surface area contributed by atoms with Crippen LogP contribution in [-0.2, 0) is 0 Å². The van der Waals surface area contributed by atoms with Gasteiger partial charge in [-0.05, 0) is 80.7 Å². The zero-order valence-corrected chi connectivity index (χ0v) is 23.7. The minimum atomic E-state index is 1.29. The van der Waals surface area contributed by atoms with Crippen LogP contribution in [0.2, 0.25) is 0 Å². The molecule has 0 atom stereocenters. The molecule has 4 aliphatic rings. The van der Waals surface area contributed by atoms with Crippen molar-refractivity contribution in [2.24, 2.45) is 0 Å². The molecule has 0 bridgehead atoms. The van der Waals surface area contributed by atoms with E-state index >= 15 is 0 Å². The van der Waals surface area contributed by atoms with E-state index in [0.717, 1.165) is 0 Å². The Morgan fingerprint density at radius 3 is 1.31 bits per heavy atom. The quantitative estimate of drug-likeness (QED) is 0.351. The van der Waals surface area contributed by atoms with Crippen molar-refractivity contribution >= 4 is 106 Å². The van der Waals surface area contributed by atoms with Crippen molar-refractivity contribution in [1.82, 2.24) is 0 Å². The van der Waals surface area contributed by atoms with Gasteiger partial charge in [0.15, 0.2) is 0 Å². The lowest BCUT2D eigenvalue weighted by molar-refractivity contribution is 1.36. The van der Waals surface area contributed by atoms with Crippen LogP contribution in [0.4, 0.5) is 0 Å². The first-order valence-corrected chi connectivity index (χ1v) is 16.6. The molecule has 162 valence electrons. The maximum atomic E-state index is 2.31. The predicted molar refractivity (Wildman–Crippen MR) is 163 cm³/mol. The maximum Gasteiger partial charge on any atom is 0.0700 e. The largest absolute Gasteiger partial charge is 0.0884 e. The van der Waals surface area contributed by atoms with Crippen molar-refractivity contribution in [3.63, 3.8) is 0 Å². The second-order valence-corrected chi connectivity index (χ2v) is 15.5. The van der Waals surface area contributed by atoms with Crippen LogP contribution >= 0.6 is 94.1 Å². The van der Waals surface area contributed by atoms with E-state index in [0.29, 0.717) is 0 Å². The van der Waals surface area contributed by atoms with Gasteiger partial charge in [0.1, 0.15) is 0 Å². The van der Waals surface area contributed by atoms with Crippen molar-refractivity contribution < 1.29 is 0 Å². The van der Waals surface area contributed by atoms with E-state index in [1.807, 2.05) is 94.1 Å². The first-order valence-electron chi connectivity index (χ1n) is 9.68. The zero-order valence-electron chi connectivity index (χ0n) is 17.2. The Labute approximate surface area is 223 Å². The molecule has 1 aromatic rings. The highest BCUT2D eigenvalue weighted by molar-refractivity contribution is 8.34. The van der Waals surface area contributed by atoms with E-state index in [1.54, 1.807) is 0 Å². The third-order valence-electron chi connectivity index (χ3n) is 4.64. The van der Waals surface area contributed by atoms with Gasteiger partial charge in [0, 0.05) is 9.81 Å². The Bertz CT molecular complexity index is 1080. The third-order valence-corrected chi connectivity index (χ3v) is 14.6. The minimum absolute atomic E-state index is 1.29. The van der Waals surface area contributed by atoms with E-state index in [1.165, 1.54) is 49.0 Å². The summed E-state index contributed by atoms with van der Waals surface area (Å²) in [6.07, 6.45) is 9.01. The van der Waals surface area contributed by atoms with Crippen LogP contribution in [0.5, 0.6) is 0 Å². The highest BCUT2D eigenvalue weighted by Gasteiger charge is 2.18. The van der Waals surface area contributed by atoms with Crippen LogP contribution in [0, 0.1) is 13.8 Å². The molecule has 8 heteroatoms. The summed E-state index contributed by atoms with van der Waals surface area (Å²) in [5.74, 6) is 0. The highest BCUT2D eigenvalue weighted by Crippen LogP contribution is 2.54. The van der Waals surface area contributed by atoms with Crippen LogP contribution in [0.3, 0.4) is 0 Å². The number of rotatable bonds is 4. The summed E-state index contributed by atoms with van der Waals surface area (Å²) >= 11 is 14.7. The van der Waals surface area contributed by atoms with E-state index < -0.39 is 0 Å². The minimum Gasteiger partial charge on any atom is -0.0884 e. The molecule has 0 saturated carbocycles. The van der Waals surface area contributed by atoms with Gasteiger partial charge in [0.2, 0.25) is 0 Å². The monoisotopic (exact) mass is 562 g/mol. The Morgan fingerprint density at radius 1 is 0.500 bits per heavy atom. The number of benzene rings is 1. The van der Waals surface area contributed by atoms with Crippen molar-refractivity contribution in [2.75, 3.05) is 0 Å². The molecule has 0 fully saturated rings. The van der Waals surface area contributed by atoms with Gasteiger partial charge in [-0.1, -0.05) is 118 Å². The van der Waals surface area contributed by atoms with Crippen molar-refractivity contribution in [1.29, 1.82) is 0 Å². The molecule has 0 spiro atoms. The average Bonchev–Trinajstić information content (AvgIpc) is 3.59. The van der Waals surface area contributed by atoms with Gasteiger partial charge in [-0.25, -0.2) is 0 Å². The fraction of sp³-hybridized carbons (Fsp3) is 0.0833. The van der Waals surface area contributed by atoms with Crippen LogP contribution in [0.1, 0.15) is 22.3 Å². The fourth-order valence-electron chi connectivity index (χ4n) is 3.03. The number of thioether (sulfide) groups is 8. The topological polar surface area (TPSA) is 0 Å². The van der Waals surface area contributed by atoms with Crippen LogP contribution in [0.25, 0.3) is 12.2 Å². The molecule has 0 N–H and O–H groups in total. The van der Waals surface area contributed by atoms with E-state index in [9.17, 15) is 0 Å². The van der Waals surface area contributed by atoms with Crippen molar-refractivity contribution in [3.8, 4) is 0 Å². The Kier molecular flexibility index (Phi) is 8.23. The maximum absolute atomic E-state index is 2.31. The molecule has 0 unspecified atom stereocenters. The lowest BCUT2D eigenvalue weighted by atomic mass is 9.99. The summed E-state index contributed by atoms with van der Waals surface area (Å²) in [7, 11) is 0. The molecule has 1 aromatic carbocycles. The van der Waals surface area contributed by atoms with Crippen LogP contribution < -0.4 is 0 Å². The molecule has 0 nitrogen and oxygen atoms in total. The standard InChI is InChI=1S/C24H18S8/c1-15-11-18(4-6-20-14-30-24(32-20)22-27-9-10-28-22)16(2)12-17(15)3-5-19-13-29-23(31-19)21-25-7-8-26-21/h3-14H,1-2H3/b5-3+,6-4+. The molecule has 0 aliphatic carbocycles. The van der Waals surface area contributed by atoms with Gasteiger partial charge in [-0.2, -0.15) is 0 Å². The van der Waals surface area contributed by atoms with Gasteiger partial charge in [-0.15, -0.1) is 0 Å². The molecule has 0 saturated heterocycles. The molecule has 0 aromatic heterocycles. The Hall–Kier alpha value is -0.0600. The first kappa shape index (κ1) is 23.7. The van der Waals surface area contributed by atoms with Gasteiger partial charge < -0.3 is 0 Å². The van der Waals surface area contributed by atoms with Crippen LogP contribution in [-0.4, -0.2) is 0 Å². The molecule has 32 heavy (non-hydrogen) atoms. The second kappa shape index (κ2) is 11.1. The SMILES string of the molecule is Cc1cc(/C=C/C2=CSC(=C3SC=CS3)S2)c(C)cc1/C=C/C1=CSC(=C2SC=CS2)S1. The summed E-state index contributed by atoms with van der Waals surface area (Å²) in [4.78, 5) is 2.63. The molecular formula is C24H18S8. The summed E-state index contributed by atoms with van der Waals surface area (Å²) in [5, 5.41) is 13.2. The number of allylic oxidation sites excluding steroid dienone is 2. The summed E-state index contributed by atoms with van der Waals surface area (Å²) < 4.78 is 5.60. The Morgan fingerprint density at radius 2 is 0.906 bits per heavy atom. The molecule has 0 radical (unpaired) electrons.